The van der Waals surface area contributed by atoms with Crippen LogP contribution in [0.15, 0.2) is 34.8 Å². The summed E-state index contributed by atoms with van der Waals surface area (Å²) in [5.41, 5.74) is 0.217. The lowest BCUT2D eigenvalue weighted by Gasteiger charge is -2.18. The third-order valence-electron chi connectivity index (χ3n) is 4.29. The molecule has 2 bridgehead atoms. The van der Waals surface area contributed by atoms with Gasteiger partial charge in [-0.1, -0.05) is 12.2 Å². The molecular weight excluding hydrogens is 356 g/mol. The summed E-state index contributed by atoms with van der Waals surface area (Å²) < 4.78 is 5.90. The molecule has 112 valence electrons. The Morgan fingerprint density at radius 1 is 1.14 bits per heavy atom. The van der Waals surface area contributed by atoms with Crippen LogP contribution in [0.2, 0.25) is 0 Å². The van der Waals surface area contributed by atoms with Crippen molar-refractivity contribution in [2.75, 3.05) is 4.90 Å². The number of benzene rings is 1. The molecule has 1 aromatic carbocycles. The number of hydrogen-bond acceptors (Lipinski definition) is 5. The van der Waals surface area contributed by atoms with Gasteiger partial charge in [0.2, 0.25) is 11.8 Å². The zero-order valence-corrected chi connectivity index (χ0v) is 12.6. The summed E-state index contributed by atoms with van der Waals surface area (Å²) in [5, 5.41) is 10.8. The molecule has 3 aliphatic heterocycles. The topological polar surface area (TPSA) is 89.8 Å². The largest absolute Gasteiger partial charge is 0.365 e. The zero-order valence-electron chi connectivity index (χ0n) is 11.0. The molecule has 0 spiro atoms. The molecule has 3 heterocycles. The number of halogens is 1. The van der Waals surface area contributed by atoms with Gasteiger partial charge in [-0.05, 0) is 22.0 Å². The smallest absolute Gasteiger partial charge is 0.270 e. The van der Waals surface area contributed by atoms with Crippen molar-refractivity contribution in [3.8, 4) is 0 Å². The van der Waals surface area contributed by atoms with Crippen LogP contribution in [-0.4, -0.2) is 28.9 Å². The van der Waals surface area contributed by atoms with Gasteiger partial charge in [-0.15, -0.1) is 0 Å². The number of carbonyl (C=O) groups excluding carboxylic acids is 2. The molecule has 0 N–H and O–H groups in total. The highest BCUT2D eigenvalue weighted by Crippen LogP contribution is 2.47. The Hall–Kier alpha value is -2.06. The molecule has 1 aromatic rings. The van der Waals surface area contributed by atoms with Crippen molar-refractivity contribution in [1.29, 1.82) is 0 Å². The van der Waals surface area contributed by atoms with E-state index < -0.39 is 16.8 Å². The highest BCUT2D eigenvalue weighted by Gasteiger charge is 2.61. The predicted octanol–water partition coefficient (Wildman–Crippen LogP) is 1.80. The van der Waals surface area contributed by atoms with E-state index in [1.54, 1.807) is 0 Å². The van der Waals surface area contributed by atoms with Gasteiger partial charge in [0.1, 0.15) is 0 Å². The normalized spacial score (nSPS) is 32.0. The van der Waals surface area contributed by atoms with Crippen LogP contribution in [0, 0.1) is 22.0 Å². The van der Waals surface area contributed by atoms with Gasteiger partial charge in [-0.25, -0.2) is 4.90 Å². The molecule has 0 radical (unpaired) electrons. The summed E-state index contributed by atoms with van der Waals surface area (Å²) >= 11 is 3.21. The van der Waals surface area contributed by atoms with Crippen molar-refractivity contribution in [2.45, 2.75) is 12.2 Å². The summed E-state index contributed by atoms with van der Waals surface area (Å²) in [6.07, 6.45) is 2.91. The van der Waals surface area contributed by atoms with E-state index in [0.29, 0.717) is 10.2 Å². The minimum Gasteiger partial charge on any atom is -0.365 e. The second-order valence-corrected chi connectivity index (χ2v) is 6.26. The van der Waals surface area contributed by atoms with E-state index >= 15 is 0 Å². The molecule has 3 aliphatic rings. The van der Waals surface area contributed by atoms with E-state index in [0.717, 1.165) is 4.90 Å². The van der Waals surface area contributed by atoms with Crippen LogP contribution in [0.5, 0.6) is 0 Å². The number of nitrogens with zero attached hydrogens (tertiary/aromatic N) is 2. The Balaban J connectivity index is 1.74. The molecular formula is C14H9BrN2O5. The number of hydrogen-bond donors (Lipinski definition) is 0. The number of imide groups is 1. The van der Waals surface area contributed by atoms with Gasteiger partial charge in [-0.2, -0.15) is 0 Å². The summed E-state index contributed by atoms with van der Waals surface area (Å²) in [6, 6.07) is 3.97. The third-order valence-corrected chi connectivity index (χ3v) is 4.93. The van der Waals surface area contributed by atoms with E-state index in [2.05, 4.69) is 15.9 Å². The molecule has 2 saturated heterocycles. The summed E-state index contributed by atoms with van der Waals surface area (Å²) in [7, 11) is 0. The van der Waals surface area contributed by atoms with Crippen molar-refractivity contribution in [3.63, 3.8) is 0 Å². The maximum Gasteiger partial charge on any atom is 0.270 e. The number of ether oxygens (including phenoxy) is 1. The van der Waals surface area contributed by atoms with E-state index in [1.165, 1.54) is 18.2 Å². The summed E-state index contributed by atoms with van der Waals surface area (Å²) in [4.78, 5) is 36.5. The SMILES string of the molecule is O=C1[C@@H]2[C@@H](C(=O)N1c1ccc([N+](=O)[O-])cc1Br)[C@H]1C=C[C@@H]2O1. The van der Waals surface area contributed by atoms with Crippen molar-refractivity contribution in [1.82, 2.24) is 0 Å². The first-order valence-electron chi connectivity index (χ1n) is 6.64. The molecule has 0 unspecified atom stereocenters. The van der Waals surface area contributed by atoms with Crippen molar-refractivity contribution < 1.29 is 19.2 Å². The molecule has 0 saturated carbocycles. The van der Waals surface area contributed by atoms with Crippen LogP contribution in [0.1, 0.15) is 0 Å². The van der Waals surface area contributed by atoms with Crippen molar-refractivity contribution >= 4 is 39.1 Å². The standard InChI is InChI=1S/C14H9BrN2O5/c15-7-5-6(17(20)21)1-2-8(7)16-13(18)11-9-3-4-10(22-9)12(11)14(16)19/h1-5,9-12H/t9-,10+,11-,12-/m0/s1. The van der Waals surface area contributed by atoms with Crippen LogP contribution in [-0.2, 0) is 14.3 Å². The second kappa shape index (κ2) is 4.47. The van der Waals surface area contributed by atoms with Crippen LogP contribution >= 0.6 is 15.9 Å². The van der Waals surface area contributed by atoms with Gasteiger partial charge >= 0.3 is 0 Å². The van der Waals surface area contributed by atoms with Gasteiger partial charge in [0, 0.05) is 16.6 Å². The number of fused-ring (bicyclic) bond motifs is 5. The minimum atomic E-state index is -0.533. The molecule has 0 aliphatic carbocycles. The number of rotatable bonds is 2. The zero-order chi connectivity index (χ0) is 15.6. The monoisotopic (exact) mass is 364 g/mol. The summed E-state index contributed by atoms with van der Waals surface area (Å²) in [6.45, 7) is 0. The third kappa shape index (κ3) is 1.65. The molecule has 22 heavy (non-hydrogen) atoms. The maximum absolute atomic E-state index is 12.6. The van der Waals surface area contributed by atoms with E-state index in [-0.39, 0.29) is 29.7 Å². The van der Waals surface area contributed by atoms with Gasteiger partial charge in [0.05, 0.1) is 34.7 Å². The molecule has 4 atom stereocenters. The van der Waals surface area contributed by atoms with Gasteiger partial charge in [0.15, 0.2) is 0 Å². The first-order valence-corrected chi connectivity index (χ1v) is 7.44. The fraction of sp³-hybridized carbons (Fsp3) is 0.286. The Morgan fingerprint density at radius 3 is 2.23 bits per heavy atom. The Morgan fingerprint density at radius 2 is 1.73 bits per heavy atom. The fourth-order valence-corrected chi connectivity index (χ4v) is 3.88. The van der Waals surface area contributed by atoms with Crippen LogP contribution < -0.4 is 4.90 Å². The maximum atomic E-state index is 12.6. The van der Waals surface area contributed by atoms with E-state index in [9.17, 15) is 19.7 Å². The van der Waals surface area contributed by atoms with Crippen molar-refractivity contribution in [3.05, 3.63) is 44.9 Å². The van der Waals surface area contributed by atoms with Gasteiger partial charge in [0.25, 0.3) is 5.69 Å². The number of anilines is 1. The molecule has 2 amide bonds. The lowest BCUT2D eigenvalue weighted by Crippen LogP contribution is -2.34. The Labute approximate surface area is 132 Å². The first-order chi connectivity index (χ1) is 10.5. The molecule has 4 rings (SSSR count). The molecule has 2 fully saturated rings. The Kier molecular flexibility index (Phi) is 2.76. The molecule has 8 heteroatoms. The van der Waals surface area contributed by atoms with E-state index in [4.69, 9.17) is 4.74 Å². The lowest BCUT2D eigenvalue weighted by atomic mass is 9.85. The number of nitro groups is 1. The van der Waals surface area contributed by atoms with Crippen LogP contribution in [0.25, 0.3) is 0 Å². The first kappa shape index (κ1) is 13.6. The quantitative estimate of drug-likeness (QED) is 0.345. The Bertz CT molecular complexity index is 732. The summed E-state index contributed by atoms with van der Waals surface area (Å²) in [5.74, 6) is -1.63. The van der Waals surface area contributed by atoms with E-state index in [1.807, 2.05) is 12.2 Å². The number of amides is 2. The van der Waals surface area contributed by atoms with Gasteiger partial charge < -0.3 is 4.74 Å². The predicted molar refractivity (Wildman–Crippen MR) is 78.1 cm³/mol. The number of carbonyl (C=O) groups is 2. The fourth-order valence-electron chi connectivity index (χ4n) is 3.33. The lowest BCUT2D eigenvalue weighted by molar-refractivity contribution is -0.384. The second-order valence-electron chi connectivity index (χ2n) is 5.41. The van der Waals surface area contributed by atoms with Gasteiger partial charge in [-0.3, -0.25) is 19.7 Å². The highest BCUT2D eigenvalue weighted by molar-refractivity contribution is 9.10. The number of nitro benzene ring substituents is 1. The van der Waals surface area contributed by atoms with Crippen LogP contribution in [0.3, 0.4) is 0 Å². The molecule has 0 aromatic heterocycles. The minimum absolute atomic E-state index is 0.111. The average Bonchev–Trinajstić information content (AvgIpc) is 3.14. The van der Waals surface area contributed by atoms with Crippen molar-refractivity contribution in [2.24, 2.45) is 11.8 Å². The highest BCUT2D eigenvalue weighted by atomic mass is 79.9. The average molecular weight is 365 g/mol. The number of non-ortho nitro benzene ring substituents is 1. The van der Waals surface area contributed by atoms with Crippen LogP contribution in [0.4, 0.5) is 11.4 Å². The molecule has 7 nitrogen and oxygen atoms in total.